The number of nitrogens with one attached hydrogen (secondary N) is 2. The summed E-state index contributed by atoms with van der Waals surface area (Å²) in [5, 5.41) is 24.4. The number of carbonyl (C=O) groups excluding carboxylic acids is 1. The van der Waals surface area contributed by atoms with Crippen molar-refractivity contribution in [2.75, 3.05) is 24.7 Å². The molecule has 1 saturated heterocycles. The Bertz CT molecular complexity index is 1190. The Morgan fingerprint density at radius 2 is 1.64 bits per heavy atom. The van der Waals surface area contributed by atoms with Crippen molar-refractivity contribution >= 4 is 17.8 Å². The lowest BCUT2D eigenvalue weighted by Crippen LogP contribution is -2.38. The second-order valence-corrected chi connectivity index (χ2v) is 10.8. The fraction of sp³-hybridized carbons (Fsp3) is 0.387. The van der Waals surface area contributed by atoms with E-state index in [0.717, 1.165) is 39.1 Å². The van der Waals surface area contributed by atoms with E-state index in [1.165, 1.54) is 0 Å². The molecular formula is C31H38N2O5S. The predicted octanol–water partition coefficient (Wildman–Crippen LogP) is 5.18. The molecule has 7 nitrogen and oxygen atoms in total. The zero-order chi connectivity index (χ0) is 27.6. The SMILES string of the molecule is CCNC(=O)NCc1ccccc1-c1ccc([C@H]2O[C@@H](CSCCO)[C@@H](C)[C@@H](c3ccc(CO)cc3)O2)cc1. The van der Waals surface area contributed by atoms with Crippen LogP contribution in [0, 0.1) is 5.92 Å². The van der Waals surface area contributed by atoms with Gasteiger partial charge in [0.2, 0.25) is 0 Å². The monoisotopic (exact) mass is 550 g/mol. The van der Waals surface area contributed by atoms with E-state index in [4.69, 9.17) is 9.47 Å². The van der Waals surface area contributed by atoms with Crippen molar-refractivity contribution in [2.24, 2.45) is 5.92 Å². The highest BCUT2D eigenvalue weighted by Crippen LogP contribution is 2.42. The van der Waals surface area contributed by atoms with Crippen LogP contribution in [-0.2, 0) is 22.6 Å². The molecule has 4 rings (SSSR count). The second-order valence-electron chi connectivity index (χ2n) is 9.61. The first-order valence-electron chi connectivity index (χ1n) is 13.4. The number of ether oxygens (including phenoxy) is 2. The van der Waals surface area contributed by atoms with Crippen molar-refractivity contribution in [3.8, 4) is 11.1 Å². The van der Waals surface area contributed by atoms with Crippen molar-refractivity contribution in [1.29, 1.82) is 0 Å². The number of amides is 2. The van der Waals surface area contributed by atoms with Crippen LogP contribution in [0.3, 0.4) is 0 Å². The third kappa shape index (κ3) is 7.62. The van der Waals surface area contributed by atoms with Gasteiger partial charge in [0.1, 0.15) is 0 Å². The number of thioether (sulfide) groups is 1. The Hall–Kier alpha value is -2.88. The highest BCUT2D eigenvalue weighted by molar-refractivity contribution is 7.99. The molecule has 4 N–H and O–H groups in total. The first-order valence-corrected chi connectivity index (χ1v) is 14.6. The summed E-state index contributed by atoms with van der Waals surface area (Å²) >= 11 is 1.68. The maximum atomic E-state index is 11.9. The van der Waals surface area contributed by atoms with Gasteiger partial charge in [0.05, 0.1) is 25.4 Å². The number of aliphatic hydroxyl groups excluding tert-OH is 2. The number of rotatable bonds is 11. The molecule has 4 atom stereocenters. The average molecular weight is 551 g/mol. The van der Waals surface area contributed by atoms with Gasteiger partial charge in [-0.1, -0.05) is 79.7 Å². The summed E-state index contributed by atoms with van der Waals surface area (Å²) in [6, 6.07) is 23.9. The molecular weight excluding hydrogens is 512 g/mol. The predicted molar refractivity (Wildman–Crippen MR) is 155 cm³/mol. The van der Waals surface area contributed by atoms with Gasteiger partial charge in [0, 0.05) is 36.1 Å². The van der Waals surface area contributed by atoms with Gasteiger partial charge in [0.25, 0.3) is 0 Å². The van der Waals surface area contributed by atoms with Gasteiger partial charge in [-0.15, -0.1) is 0 Å². The molecule has 0 bridgehead atoms. The van der Waals surface area contributed by atoms with E-state index < -0.39 is 6.29 Å². The quantitative estimate of drug-likeness (QED) is 0.246. The molecule has 0 unspecified atom stereocenters. The molecule has 0 radical (unpaired) electrons. The summed E-state index contributed by atoms with van der Waals surface area (Å²) in [6.07, 6.45) is -0.757. The zero-order valence-electron chi connectivity index (χ0n) is 22.5. The first-order chi connectivity index (χ1) is 19.0. The largest absolute Gasteiger partial charge is 0.396 e. The molecule has 1 aliphatic heterocycles. The molecule has 2 amide bonds. The van der Waals surface area contributed by atoms with E-state index in [1.54, 1.807) is 11.8 Å². The molecule has 0 aromatic heterocycles. The molecule has 208 valence electrons. The van der Waals surface area contributed by atoms with Gasteiger partial charge in [-0.05, 0) is 34.7 Å². The zero-order valence-corrected chi connectivity index (χ0v) is 23.3. The second kappa shape index (κ2) is 14.5. The Labute approximate surface area is 234 Å². The molecule has 0 aliphatic carbocycles. The van der Waals surface area contributed by atoms with E-state index in [0.29, 0.717) is 18.8 Å². The summed E-state index contributed by atoms with van der Waals surface area (Å²) in [4.78, 5) is 11.9. The maximum absolute atomic E-state index is 11.9. The van der Waals surface area contributed by atoms with Crippen LogP contribution in [0.25, 0.3) is 11.1 Å². The fourth-order valence-electron chi connectivity index (χ4n) is 4.75. The molecule has 3 aromatic rings. The Morgan fingerprint density at radius 1 is 0.923 bits per heavy atom. The number of hydrogen-bond donors (Lipinski definition) is 4. The van der Waals surface area contributed by atoms with Crippen LogP contribution in [0.1, 0.15) is 48.5 Å². The number of benzene rings is 3. The summed E-state index contributed by atoms with van der Waals surface area (Å²) in [5.41, 5.74) is 5.97. The number of hydrogen-bond acceptors (Lipinski definition) is 6. The van der Waals surface area contributed by atoms with E-state index in [-0.39, 0.29) is 37.4 Å². The van der Waals surface area contributed by atoms with Crippen molar-refractivity contribution in [1.82, 2.24) is 10.6 Å². The first kappa shape index (κ1) is 29.1. The van der Waals surface area contributed by atoms with Gasteiger partial charge in [0.15, 0.2) is 6.29 Å². The summed E-state index contributed by atoms with van der Waals surface area (Å²) < 4.78 is 13.0. The highest BCUT2D eigenvalue weighted by Gasteiger charge is 2.38. The third-order valence-corrected chi connectivity index (χ3v) is 7.96. The van der Waals surface area contributed by atoms with Gasteiger partial charge in [-0.2, -0.15) is 11.8 Å². The number of aliphatic hydroxyl groups is 2. The van der Waals surface area contributed by atoms with Crippen molar-refractivity contribution < 1.29 is 24.5 Å². The summed E-state index contributed by atoms with van der Waals surface area (Å²) in [7, 11) is 0. The Kier molecular flexibility index (Phi) is 10.8. The van der Waals surface area contributed by atoms with Crippen LogP contribution in [0.5, 0.6) is 0 Å². The van der Waals surface area contributed by atoms with Gasteiger partial charge < -0.3 is 30.3 Å². The van der Waals surface area contributed by atoms with Crippen LogP contribution in [0.2, 0.25) is 0 Å². The van der Waals surface area contributed by atoms with Crippen molar-refractivity contribution in [3.63, 3.8) is 0 Å². The van der Waals surface area contributed by atoms with Gasteiger partial charge in [-0.3, -0.25) is 0 Å². The maximum Gasteiger partial charge on any atom is 0.315 e. The lowest BCUT2D eigenvalue weighted by Gasteiger charge is -2.41. The molecule has 8 heteroatoms. The topological polar surface area (TPSA) is 100 Å². The van der Waals surface area contributed by atoms with Crippen LogP contribution in [0.15, 0.2) is 72.8 Å². The molecule has 0 saturated carbocycles. The normalized spacial score (nSPS) is 20.9. The molecule has 1 fully saturated rings. The average Bonchev–Trinajstić information content (AvgIpc) is 2.97. The molecule has 3 aromatic carbocycles. The Morgan fingerprint density at radius 3 is 2.33 bits per heavy atom. The smallest absolute Gasteiger partial charge is 0.315 e. The standard InChI is InChI=1S/C31H38N2O5S/c1-3-32-31(36)33-18-26-6-4-5-7-27(26)23-12-14-25(15-13-23)30-37-28(20-39-17-16-34)21(2)29(38-30)24-10-8-22(19-35)9-11-24/h4-15,21,28-30,34-35H,3,16-20H2,1-2H3,(H2,32,33,36)/t21-,28+,29+,30+/m1/s1. The number of urea groups is 1. The fourth-order valence-corrected chi connectivity index (χ4v) is 5.66. The van der Waals surface area contributed by atoms with E-state index in [2.05, 4.69) is 35.8 Å². The highest BCUT2D eigenvalue weighted by atomic mass is 32.2. The van der Waals surface area contributed by atoms with E-state index in [1.807, 2.05) is 61.5 Å². The lowest BCUT2D eigenvalue weighted by molar-refractivity contribution is -0.268. The van der Waals surface area contributed by atoms with Crippen LogP contribution in [-0.4, -0.2) is 47.0 Å². The van der Waals surface area contributed by atoms with Crippen molar-refractivity contribution in [2.45, 2.75) is 45.5 Å². The molecule has 39 heavy (non-hydrogen) atoms. The van der Waals surface area contributed by atoms with Crippen molar-refractivity contribution in [3.05, 3.63) is 95.1 Å². The summed E-state index contributed by atoms with van der Waals surface area (Å²) in [5.74, 6) is 1.53. The minimum absolute atomic E-state index is 0.00495. The van der Waals surface area contributed by atoms with Crippen LogP contribution >= 0.6 is 11.8 Å². The number of carbonyl (C=O) groups is 1. The van der Waals surface area contributed by atoms with Crippen LogP contribution in [0.4, 0.5) is 4.79 Å². The van der Waals surface area contributed by atoms with E-state index in [9.17, 15) is 15.0 Å². The molecule has 1 aliphatic rings. The third-order valence-electron chi connectivity index (χ3n) is 6.93. The minimum atomic E-state index is -0.535. The summed E-state index contributed by atoms with van der Waals surface area (Å²) in [6.45, 7) is 5.18. The Balaban J connectivity index is 1.54. The van der Waals surface area contributed by atoms with E-state index >= 15 is 0 Å². The minimum Gasteiger partial charge on any atom is -0.396 e. The lowest BCUT2D eigenvalue weighted by atomic mass is 9.91. The van der Waals surface area contributed by atoms with Crippen LogP contribution < -0.4 is 10.6 Å². The molecule has 1 heterocycles. The van der Waals surface area contributed by atoms with Gasteiger partial charge >= 0.3 is 6.03 Å². The molecule has 0 spiro atoms. The van der Waals surface area contributed by atoms with Gasteiger partial charge in [-0.25, -0.2) is 4.79 Å².